The van der Waals surface area contributed by atoms with E-state index in [0.717, 1.165) is 23.2 Å². The van der Waals surface area contributed by atoms with Gasteiger partial charge < -0.3 is 9.84 Å². The Balaban J connectivity index is 2.34. The van der Waals surface area contributed by atoms with Crippen molar-refractivity contribution in [3.63, 3.8) is 0 Å². The molecular formula is C12H15NO3. The molecule has 16 heavy (non-hydrogen) atoms. The molecule has 4 nitrogen and oxygen atoms in total. The van der Waals surface area contributed by atoms with Crippen molar-refractivity contribution in [2.24, 2.45) is 0 Å². The van der Waals surface area contributed by atoms with Gasteiger partial charge in [-0.15, -0.1) is 0 Å². The van der Waals surface area contributed by atoms with E-state index >= 15 is 0 Å². The van der Waals surface area contributed by atoms with Gasteiger partial charge in [0.1, 0.15) is 5.75 Å². The average molecular weight is 221 g/mol. The summed E-state index contributed by atoms with van der Waals surface area (Å²) in [7, 11) is 0. The van der Waals surface area contributed by atoms with E-state index in [-0.39, 0.29) is 11.8 Å². The molecule has 0 radical (unpaired) electrons. The number of rotatable bonds is 1. The van der Waals surface area contributed by atoms with Crippen LogP contribution in [0.25, 0.3) is 0 Å². The molecule has 2 rings (SSSR count). The highest BCUT2D eigenvalue weighted by molar-refractivity contribution is 5.91. The van der Waals surface area contributed by atoms with E-state index in [1.807, 2.05) is 6.92 Å². The molecule has 1 aliphatic heterocycles. The van der Waals surface area contributed by atoms with Crippen molar-refractivity contribution in [1.82, 2.24) is 0 Å². The summed E-state index contributed by atoms with van der Waals surface area (Å²) in [4.78, 5) is 13.3. The van der Waals surface area contributed by atoms with E-state index in [9.17, 15) is 9.90 Å². The number of ether oxygens (including phenoxy) is 1. The number of aromatic hydroxyl groups is 1. The Bertz CT molecular complexity index is 429. The van der Waals surface area contributed by atoms with Crippen LogP contribution in [0.4, 0.5) is 10.5 Å². The summed E-state index contributed by atoms with van der Waals surface area (Å²) < 4.78 is 4.98. The smallest absolute Gasteiger partial charge is 0.414 e. The zero-order valence-corrected chi connectivity index (χ0v) is 9.49. The second kappa shape index (κ2) is 4.04. The van der Waals surface area contributed by atoms with Crippen LogP contribution in [0.15, 0.2) is 12.1 Å². The maximum Gasteiger partial charge on any atom is 0.414 e. The average Bonchev–Trinajstić information content (AvgIpc) is 2.68. The zero-order valence-electron chi connectivity index (χ0n) is 9.49. The van der Waals surface area contributed by atoms with Gasteiger partial charge in [0, 0.05) is 6.54 Å². The van der Waals surface area contributed by atoms with Crippen LogP contribution in [0.2, 0.25) is 0 Å². The number of nitrogens with zero attached hydrogens (tertiary/aromatic N) is 1. The predicted molar refractivity (Wildman–Crippen MR) is 60.9 cm³/mol. The second-order valence-electron chi connectivity index (χ2n) is 3.81. The number of anilines is 1. The minimum absolute atomic E-state index is 0.282. The highest BCUT2D eigenvalue weighted by Crippen LogP contribution is 2.35. The van der Waals surface area contributed by atoms with Gasteiger partial charge in [-0.3, -0.25) is 4.90 Å². The van der Waals surface area contributed by atoms with Gasteiger partial charge in [-0.05, 0) is 43.5 Å². The Kier molecular flexibility index (Phi) is 2.73. The molecule has 4 heteroatoms. The first-order valence-corrected chi connectivity index (χ1v) is 5.41. The van der Waals surface area contributed by atoms with Crippen molar-refractivity contribution in [2.75, 3.05) is 18.1 Å². The summed E-state index contributed by atoms with van der Waals surface area (Å²) in [5, 5.41) is 9.58. The van der Waals surface area contributed by atoms with Crippen LogP contribution in [-0.4, -0.2) is 24.4 Å². The minimum atomic E-state index is -0.314. The van der Waals surface area contributed by atoms with Gasteiger partial charge in [-0.2, -0.15) is 0 Å². The number of amides is 1. The molecular weight excluding hydrogens is 206 g/mol. The third-order valence-electron chi connectivity index (χ3n) is 2.91. The SMILES string of the molecule is CCOC(=O)N1CCc2c1ccc(O)c2C. The summed E-state index contributed by atoms with van der Waals surface area (Å²) in [6.45, 7) is 4.65. The van der Waals surface area contributed by atoms with E-state index in [0.29, 0.717) is 13.2 Å². The van der Waals surface area contributed by atoms with Crippen molar-refractivity contribution in [3.05, 3.63) is 23.3 Å². The molecule has 0 aromatic heterocycles. The summed E-state index contributed by atoms with van der Waals surface area (Å²) >= 11 is 0. The first-order valence-electron chi connectivity index (χ1n) is 5.41. The molecule has 0 aliphatic carbocycles. The molecule has 1 aliphatic rings. The number of phenols is 1. The molecule has 86 valence electrons. The Morgan fingerprint density at radius 2 is 2.31 bits per heavy atom. The van der Waals surface area contributed by atoms with Crippen LogP contribution in [0.1, 0.15) is 18.1 Å². The van der Waals surface area contributed by atoms with Crippen molar-refractivity contribution >= 4 is 11.8 Å². The third kappa shape index (κ3) is 1.60. The van der Waals surface area contributed by atoms with E-state index in [4.69, 9.17) is 4.74 Å². The molecule has 0 fully saturated rings. The number of benzene rings is 1. The first kappa shape index (κ1) is 10.8. The quantitative estimate of drug-likeness (QED) is 0.791. The maximum atomic E-state index is 11.6. The van der Waals surface area contributed by atoms with E-state index in [1.165, 1.54) is 0 Å². The molecule has 1 amide bonds. The zero-order chi connectivity index (χ0) is 11.7. The summed E-state index contributed by atoms with van der Waals surface area (Å²) in [6.07, 6.45) is 0.459. The van der Waals surface area contributed by atoms with Gasteiger partial charge in [0.05, 0.1) is 12.3 Å². The summed E-state index contributed by atoms with van der Waals surface area (Å²) in [5.74, 6) is 0.282. The maximum absolute atomic E-state index is 11.6. The van der Waals surface area contributed by atoms with E-state index in [1.54, 1.807) is 24.0 Å². The molecule has 1 aromatic carbocycles. The minimum Gasteiger partial charge on any atom is -0.508 e. The van der Waals surface area contributed by atoms with Gasteiger partial charge in [0.15, 0.2) is 0 Å². The van der Waals surface area contributed by atoms with Crippen molar-refractivity contribution in [1.29, 1.82) is 0 Å². The summed E-state index contributed by atoms with van der Waals surface area (Å²) in [5.41, 5.74) is 2.74. The van der Waals surface area contributed by atoms with Crippen LogP contribution < -0.4 is 4.90 Å². The molecule has 0 bridgehead atoms. The Morgan fingerprint density at radius 1 is 1.56 bits per heavy atom. The fraction of sp³-hybridized carbons (Fsp3) is 0.417. The fourth-order valence-corrected chi connectivity index (χ4v) is 2.03. The van der Waals surface area contributed by atoms with Crippen LogP contribution in [0, 0.1) is 6.92 Å². The van der Waals surface area contributed by atoms with Gasteiger partial charge >= 0.3 is 6.09 Å². The lowest BCUT2D eigenvalue weighted by atomic mass is 10.1. The standard InChI is InChI=1S/C12H15NO3/c1-3-16-12(15)13-7-6-9-8(2)11(14)5-4-10(9)13/h4-5,14H,3,6-7H2,1-2H3. The van der Waals surface area contributed by atoms with Crippen LogP contribution in [0.5, 0.6) is 5.75 Å². The van der Waals surface area contributed by atoms with Gasteiger partial charge in [0.25, 0.3) is 0 Å². The van der Waals surface area contributed by atoms with Crippen molar-refractivity contribution in [3.8, 4) is 5.75 Å². The predicted octanol–water partition coefficient (Wildman–Crippen LogP) is 2.22. The number of hydrogen-bond acceptors (Lipinski definition) is 3. The normalized spacial score (nSPS) is 13.8. The number of fused-ring (bicyclic) bond motifs is 1. The molecule has 1 N–H and O–H groups in total. The molecule has 0 saturated heterocycles. The van der Waals surface area contributed by atoms with E-state index in [2.05, 4.69) is 0 Å². The summed E-state index contributed by atoms with van der Waals surface area (Å²) in [6, 6.07) is 3.38. The molecule has 1 heterocycles. The van der Waals surface area contributed by atoms with Crippen LogP contribution in [-0.2, 0) is 11.2 Å². The van der Waals surface area contributed by atoms with Gasteiger partial charge in [0.2, 0.25) is 0 Å². The highest BCUT2D eigenvalue weighted by Gasteiger charge is 2.27. The first-order chi connectivity index (χ1) is 7.65. The Hall–Kier alpha value is -1.71. The Labute approximate surface area is 94.4 Å². The third-order valence-corrected chi connectivity index (χ3v) is 2.91. The molecule has 0 saturated carbocycles. The lowest BCUT2D eigenvalue weighted by molar-refractivity contribution is 0.160. The van der Waals surface area contributed by atoms with Crippen molar-refractivity contribution in [2.45, 2.75) is 20.3 Å². The van der Waals surface area contributed by atoms with Crippen LogP contribution >= 0.6 is 0 Å². The molecule has 1 aromatic rings. The highest BCUT2D eigenvalue weighted by atomic mass is 16.6. The monoisotopic (exact) mass is 221 g/mol. The van der Waals surface area contributed by atoms with Crippen molar-refractivity contribution < 1.29 is 14.6 Å². The number of phenolic OH excluding ortho intramolecular Hbond substituents is 1. The van der Waals surface area contributed by atoms with Gasteiger partial charge in [-0.25, -0.2) is 4.79 Å². The molecule has 0 unspecified atom stereocenters. The Morgan fingerprint density at radius 3 is 3.00 bits per heavy atom. The fourth-order valence-electron chi connectivity index (χ4n) is 2.03. The topological polar surface area (TPSA) is 49.8 Å². The molecule has 0 atom stereocenters. The number of carbonyl (C=O) groups is 1. The number of carbonyl (C=O) groups excluding carboxylic acids is 1. The lowest BCUT2D eigenvalue weighted by Gasteiger charge is -2.16. The number of hydrogen-bond donors (Lipinski definition) is 1. The largest absolute Gasteiger partial charge is 0.508 e. The van der Waals surface area contributed by atoms with E-state index < -0.39 is 0 Å². The van der Waals surface area contributed by atoms with Crippen LogP contribution in [0.3, 0.4) is 0 Å². The second-order valence-corrected chi connectivity index (χ2v) is 3.81. The van der Waals surface area contributed by atoms with Gasteiger partial charge in [-0.1, -0.05) is 0 Å². The molecule has 0 spiro atoms. The lowest BCUT2D eigenvalue weighted by Crippen LogP contribution is -2.29.